The number of rotatable bonds is 5. The van der Waals surface area contributed by atoms with Gasteiger partial charge in [0.15, 0.2) is 6.29 Å². The van der Waals surface area contributed by atoms with Gasteiger partial charge >= 0.3 is 0 Å². The Morgan fingerprint density at radius 2 is 1.54 bits per heavy atom. The Morgan fingerprint density at radius 3 is 2.25 bits per heavy atom. The lowest BCUT2D eigenvalue weighted by atomic mass is 10.0. The average Bonchev–Trinajstić information content (AvgIpc) is 2.62. The van der Waals surface area contributed by atoms with E-state index in [4.69, 9.17) is 27.9 Å². The molecule has 0 spiro atoms. The molecule has 0 unspecified atom stereocenters. The summed E-state index contributed by atoms with van der Waals surface area (Å²) in [5, 5.41) is 1.03. The first-order valence-electron chi connectivity index (χ1n) is 7.40. The second kappa shape index (κ2) is 7.52. The molecule has 0 aromatic heterocycles. The number of halogens is 2. The fraction of sp³-hybridized carbons (Fsp3) is 0.0500. The van der Waals surface area contributed by atoms with E-state index in [2.05, 4.69) is 0 Å². The molecule has 0 aliphatic rings. The van der Waals surface area contributed by atoms with Crippen molar-refractivity contribution < 1.29 is 9.53 Å². The van der Waals surface area contributed by atoms with Crippen LogP contribution in [0.15, 0.2) is 66.7 Å². The van der Waals surface area contributed by atoms with Gasteiger partial charge in [0.25, 0.3) is 0 Å². The molecule has 3 rings (SSSR count). The highest BCUT2D eigenvalue weighted by molar-refractivity contribution is 6.37. The van der Waals surface area contributed by atoms with Gasteiger partial charge in [0.2, 0.25) is 0 Å². The molecule has 0 aliphatic carbocycles. The van der Waals surface area contributed by atoms with Crippen LogP contribution >= 0.6 is 23.2 Å². The van der Waals surface area contributed by atoms with Crippen LogP contribution in [-0.4, -0.2) is 6.29 Å². The zero-order valence-corrected chi connectivity index (χ0v) is 14.2. The van der Waals surface area contributed by atoms with Gasteiger partial charge in [-0.05, 0) is 23.8 Å². The Kier molecular flexibility index (Phi) is 5.19. The molecule has 3 aromatic carbocycles. The van der Waals surface area contributed by atoms with E-state index < -0.39 is 0 Å². The summed E-state index contributed by atoms with van der Waals surface area (Å²) in [7, 11) is 0. The monoisotopic (exact) mass is 356 g/mol. The van der Waals surface area contributed by atoms with Crippen molar-refractivity contribution in [1.29, 1.82) is 0 Å². The Hall–Kier alpha value is -2.29. The van der Waals surface area contributed by atoms with Gasteiger partial charge in [-0.3, -0.25) is 4.79 Å². The van der Waals surface area contributed by atoms with Crippen LogP contribution in [0.4, 0.5) is 0 Å². The quantitative estimate of drug-likeness (QED) is 0.520. The van der Waals surface area contributed by atoms with E-state index in [0.717, 1.165) is 17.4 Å². The minimum absolute atomic E-state index is 0.333. The molecule has 0 radical (unpaired) electrons. The summed E-state index contributed by atoms with van der Waals surface area (Å²) in [5.74, 6) is 0.439. The van der Waals surface area contributed by atoms with Crippen LogP contribution in [0.2, 0.25) is 10.0 Å². The lowest BCUT2D eigenvalue weighted by Gasteiger charge is -2.16. The van der Waals surface area contributed by atoms with E-state index in [0.29, 0.717) is 33.5 Å². The predicted molar refractivity (Wildman–Crippen MR) is 98.1 cm³/mol. The highest BCUT2D eigenvalue weighted by atomic mass is 35.5. The maximum absolute atomic E-state index is 11.5. The smallest absolute Gasteiger partial charge is 0.153 e. The van der Waals surface area contributed by atoms with Gasteiger partial charge in [0, 0.05) is 16.1 Å². The van der Waals surface area contributed by atoms with Gasteiger partial charge in [-0.25, -0.2) is 0 Å². The Balaban J connectivity index is 2.08. The number of carbonyl (C=O) groups is 1. The summed E-state index contributed by atoms with van der Waals surface area (Å²) in [5.41, 5.74) is 2.79. The van der Waals surface area contributed by atoms with Crippen molar-refractivity contribution in [3.63, 3.8) is 0 Å². The Bertz CT molecular complexity index is 861. The largest absolute Gasteiger partial charge is 0.487 e. The highest BCUT2D eigenvalue weighted by Gasteiger charge is 2.17. The first-order chi connectivity index (χ1) is 11.7. The third kappa shape index (κ3) is 3.45. The fourth-order valence-corrected chi connectivity index (χ4v) is 2.95. The summed E-state index contributed by atoms with van der Waals surface area (Å²) in [4.78, 5) is 11.5. The van der Waals surface area contributed by atoms with Gasteiger partial charge in [-0.2, -0.15) is 0 Å². The molecule has 0 saturated carbocycles. The van der Waals surface area contributed by atoms with Crippen LogP contribution in [0.25, 0.3) is 11.1 Å². The Labute approximate surface area is 150 Å². The number of hydrogen-bond acceptors (Lipinski definition) is 2. The Morgan fingerprint density at radius 1 is 0.833 bits per heavy atom. The first kappa shape index (κ1) is 16.6. The number of hydrogen-bond donors (Lipinski definition) is 0. The van der Waals surface area contributed by atoms with Gasteiger partial charge in [0.1, 0.15) is 12.4 Å². The fourth-order valence-electron chi connectivity index (χ4n) is 2.47. The van der Waals surface area contributed by atoms with Crippen molar-refractivity contribution in [3.05, 3.63) is 87.9 Å². The molecular formula is C20H14Cl2O2. The predicted octanol–water partition coefficient (Wildman–Crippen LogP) is 6.05. The van der Waals surface area contributed by atoms with Crippen LogP contribution in [-0.2, 0) is 6.61 Å². The molecule has 0 aliphatic heterocycles. The lowest BCUT2D eigenvalue weighted by Crippen LogP contribution is -2.01. The number of aldehydes is 1. The van der Waals surface area contributed by atoms with E-state index >= 15 is 0 Å². The number of ether oxygens (including phenoxy) is 1. The van der Waals surface area contributed by atoms with Gasteiger partial charge < -0.3 is 4.74 Å². The molecule has 0 N–H and O–H groups in total. The summed E-state index contributed by atoms with van der Waals surface area (Å²) in [6, 6.07) is 20.4. The summed E-state index contributed by atoms with van der Waals surface area (Å²) in [6.07, 6.45) is 0.761. The zero-order valence-electron chi connectivity index (χ0n) is 12.7. The second-order valence-electron chi connectivity index (χ2n) is 5.21. The van der Waals surface area contributed by atoms with Gasteiger partial charge in [-0.15, -0.1) is 0 Å². The van der Waals surface area contributed by atoms with E-state index in [1.165, 1.54) is 0 Å². The van der Waals surface area contributed by atoms with Gasteiger partial charge in [-0.1, -0.05) is 71.7 Å². The lowest BCUT2D eigenvalue weighted by molar-refractivity contribution is 0.111. The molecule has 0 fully saturated rings. The van der Waals surface area contributed by atoms with Crippen molar-refractivity contribution in [2.75, 3.05) is 0 Å². The molecule has 120 valence electrons. The molecule has 0 atom stereocenters. The third-order valence-electron chi connectivity index (χ3n) is 3.63. The molecule has 0 amide bonds. The summed E-state index contributed by atoms with van der Waals surface area (Å²) < 4.78 is 5.96. The minimum Gasteiger partial charge on any atom is -0.487 e. The van der Waals surface area contributed by atoms with Crippen LogP contribution in [0.1, 0.15) is 15.9 Å². The number of benzene rings is 3. The molecule has 0 heterocycles. The SMILES string of the molecule is O=Cc1ccc(Cl)c(-c2ccccc2Cl)c1OCc1ccccc1. The summed E-state index contributed by atoms with van der Waals surface area (Å²) in [6.45, 7) is 0.333. The molecule has 0 saturated heterocycles. The van der Waals surface area contributed by atoms with Crippen LogP contribution in [0.5, 0.6) is 5.75 Å². The molecule has 0 bridgehead atoms. The van der Waals surface area contributed by atoms with E-state index in [9.17, 15) is 4.79 Å². The molecular weight excluding hydrogens is 343 g/mol. The van der Waals surface area contributed by atoms with Crippen molar-refractivity contribution in [2.24, 2.45) is 0 Å². The standard InChI is InChI=1S/C20H14Cl2O2/c21-17-9-5-4-8-16(17)19-18(22)11-10-15(12-23)20(19)24-13-14-6-2-1-3-7-14/h1-12H,13H2. The van der Waals surface area contributed by atoms with Crippen molar-refractivity contribution in [3.8, 4) is 16.9 Å². The van der Waals surface area contributed by atoms with Crippen molar-refractivity contribution >= 4 is 29.5 Å². The van der Waals surface area contributed by atoms with E-state index in [-0.39, 0.29) is 0 Å². The molecule has 3 aromatic rings. The first-order valence-corrected chi connectivity index (χ1v) is 8.15. The minimum atomic E-state index is 0.333. The normalized spacial score (nSPS) is 10.4. The van der Waals surface area contributed by atoms with Gasteiger partial charge in [0.05, 0.1) is 10.6 Å². The van der Waals surface area contributed by atoms with Crippen LogP contribution in [0.3, 0.4) is 0 Å². The van der Waals surface area contributed by atoms with Crippen LogP contribution < -0.4 is 4.74 Å². The van der Waals surface area contributed by atoms with E-state index in [1.807, 2.05) is 48.5 Å². The van der Waals surface area contributed by atoms with Crippen LogP contribution in [0, 0.1) is 0 Å². The molecule has 2 nitrogen and oxygen atoms in total. The zero-order chi connectivity index (χ0) is 16.9. The highest BCUT2D eigenvalue weighted by Crippen LogP contribution is 2.42. The van der Waals surface area contributed by atoms with E-state index in [1.54, 1.807) is 18.2 Å². The van der Waals surface area contributed by atoms with Crippen molar-refractivity contribution in [1.82, 2.24) is 0 Å². The third-order valence-corrected chi connectivity index (χ3v) is 4.28. The van der Waals surface area contributed by atoms with Crippen molar-refractivity contribution in [2.45, 2.75) is 6.61 Å². The molecule has 24 heavy (non-hydrogen) atoms. The summed E-state index contributed by atoms with van der Waals surface area (Å²) >= 11 is 12.7. The maximum Gasteiger partial charge on any atom is 0.153 e. The second-order valence-corrected chi connectivity index (χ2v) is 6.03. The maximum atomic E-state index is 11.5. The number of carbonyl (C=O) groups excluding carboxylic acids is 1. The average molecular weight is 357 g/mol. The topological polar surface area (TPSA) is 26.3 Å². The molecule has 4 heteroatoms.